The number of nitrogens with zero attached hydrogens (tertiary/aromatic N) is 1. The fourth-order valence-corrected chi connectivity index (χ4v) is 5.71. The summed E-state index contributed by atoms with van der Waals surface area (Å²) in [5.41, 5.74) is 3.31. The van der Waals surface area contributed by atoms with E-state index in [1.165, 1.54) is 24.3 Å². The van der Waals surface area contributed by atoms with E-state index in [4.69, 9.17) is 4.74 Å². The first kappa shape index (κ1) is 28.3. The van der Waals surface area contributed by atoms with E-state index >= 15 is 0 Å². The van der Waals surface area contributed by atoms with Crippen LogP contribution >= 0.6 is 0 Å². The molecule has 2 saturated heterocycles. The number of carbonyl (C=O) groups is 1. The Morgan fingerprint density at radius 3 is 1.95 bits per heavy atom. The van der Waals surface area contributed by atoms with Gasteiger partial charge in [-0.25, -0.2) is 8.78 Å². The molecule has 2 unspecified atom stereocenters. The molecule has 212 valence electrons. The van der Waals surface area contributed by atoms with Gasteiger partial charge in [0, 0.05) is 12.1 Å². The largest absolute Gasteiger partial charge is 0.394 e. The summed E-state index contributed by atoms with van der Waals surface area (Å²) in [5.74, 6) is -0.993. The normalized spacial score (nSPS) is 28.4. The maximum Gasteiger partial charge on any atom is 0.233 e. The fourth-order valence-electron chi connectivity index (χ4n) is 5.71. The molecule has 2 aliphatic rings. The van der Waals surface area contributed by atoms with E-state index in [0.717, 1.165) is 23.1 Å². The molecule has 0 radical (unpaired) electrons. The summed E-state index contributed by atoms with van der Waals surface area (Å²) >= 11 is 0. The number of anilines is 1. The predicted octanol–water partition coefficient (Wildman–Crippen LogP) is 3.08. The Balaban J connectivity index is 1.31. The maximum atomic E-state index is 13.6. The van der Waals surface area contributed by atoms with Crippen LogP contribution in [0.2, 0.25) is 0 Å². The summed E-state index contributed by atoms with van der Waals surface area (Å²) in [6.45, 7) is -0.488. The lowest BCUT2D eigenvalue weighted by atomic mass is 9.78. The number of aliphatic hydroxyl groups is 4. The molecule has 2 fully saturated rings. The predicted molar refractivity (Wildman–Crippen MR) is 143 cm³/mol. The second-order valence-electron chi connectivity index (χ2n) is 10.6. The van der Waals surface area contributed by atoms with Crippen LogP contribution in [0.3, 0.4) is 0 Å². The number of benzene rings is 3. The van der Waals surface area contributed by atoms with Crippen molar-refractivity contribution < 1.29 is 38.7 Å². The van der Waals surface area contributed by atoms with Crippen LogP contribution in [0.5, 0.6) is 0 Å². The molecule has 4 N–H and O–H groups in total. The number of halogens is 2. The van der Waals surface area contributed by atoms with Gasteiger partial charge in [0.15, 0.2) is 0 Å². The number of hydrogen-bond acceptors (Lipinski definition) is 6. The summed E-state index contributed by atoms with van der Waals surface area (Å²) in [5, 5.41) is 40.0. The van der Waals surface area contributed by atoms with Gasteiger partial charge in [0.05, 0.1) is 24.7 Å². The smallest absolute Gasteiger partial charge is 0.233 e. The Bertz CT molecular complexity index is 1280. The van der Waals surface area contributed by atoms with Crippen LogP contribution < -0.4 is 4.90 Å². The minimum Gasteiger partial charge on any atom is -0.394 e. The summed E-state index contributed by atoms with van der Waals surface area (Å²) in [6, 6.07) is 19.4. The van der Waals surface area contributed by atoms with Gasteiger partial charge in [-0.05, 0) is 72.4 Å². The summed E-state index contributed by atoms with van der Waals surface area (Å²) in [6.07, 6.45) is -3.62. The van der Waals surface area contributed by atoms with Crippen molar-refractivity contribution in [3.8, 4) is 0 Å². The highest BCUT2D eigenvalue weighted by Crippen LogP contribution is 2.45. The SMILES string of the molecule is O=C1C(CCCc2ccc(F)cc2)C(c2ccc(C[C@@H]3O[C@H](CO)[C@@H](O)[C@H](O)[C@H]3O)cc2)N1c1ccc(F)cc1. The molecule has 7 nitrogen and oxygen atoms in total. The zero-order valence-electron chi connectivity index (χ0n) is 21.8. The maximum absolute atomic E-state index is 13.6. The van der Waals surface area contributed by atoms with Crippen molar-refractivity contribution >= 4 is 11.6 Å². The van der Waals surface area contributed by atoms with E-state index in [1.807, 2.05) is 24.3 Å². The summed E-state index contributed by atoms with van der Waals surface area (Å²) in [4.78, 5) is 14.9. The summed E-state index contributed by atoms with van der Waals surface area (Å²) < 4.78 is 32.5. The van der Waals surface area contributed by atoms with Crippen LogP contribution in [0.1, 0.15) is 35.6 Å². The lowest BCUT2D eigenvalue weighted by Gasteiger charge is -2.48. The third-order valence-electron chi connectivity index (χ3n) is 7.96. The van der Waals surface area contributed by atoms with Crippen molar-refractivity contribution in [1.82, 2.24) is 0 Å². The van der Waals surface area contributed by atoms with Gasteiger partial charge in [-0.3, -0.25) is 4.79 Å². The van der Waals surface area contributed by atoms with E-state index in [2.05, 4.69) is 0 Å². The minimum absolute atomic E-state index is 0.0406. The molecule has 3 aromatic carbocycles. The minimum atomic E-state index is -1.43. The van der Waals surface area contributed by atoms with Crippen LogP contribution in [0.25, 0.3) is 0 Å². The van der Waals surface area contributed by atoms with Gasteiger partial charge in [0.1, 0.15) is 36.1 Å². The van der Waals surface area contributed by atoms with Gasteiger partial charge in [0.2, 0.25) is 5.91 Å². The van der Waals surface area contributed by atoms with Crippen LogP contribution in [-0.2, 0) is 22.4 Å². The van der Waals surface area contributed by atoms with Crippen LogP contribution in [0, 0.1) is 17.6 Å². The first-order valence-corrected chi connectivity index (χ1v) is 13.5. The quantitative estimate of drug-likeness (QED) is 0.303. The number of aryl methyl sites for hydroxylation is 1. The average molecular weight is 554 g/mol. The van der Waals surface area contributed by atoms with Crippen molar-refractivity contribution in [3.63, 3.8) is 0 Å². The highest BCUT2D eigenvalue weighted by Gasteiger charge is 2.48. The van der Waals surface area contributed by atoms with Gasteiger partial charge in [0.25, 0.3) is 0 Å². The molecule has 9 heteroatoms. The highest BCUT2D eigenvalue weighted by molar-refractivity contribution is 6.03. The average Bonchev–Trinajstić information content (AvgIpc) is 2.96. The van der Waals surface area contributed by atoms with Gasteiger partial charge >= 0.3 is 0 Å². The van der Waals surface area contributed by atoms with E-state index in [-0.39, 0.29) is 35.9 Å². The Labute approximate surface area is 231 Å². The fraction of sp³-hybridized carbons (Fsp3) is 0.387. The standard InChI is InChI=1S/C31H33F2NO6/c32-21-10-6-18(7-11-21)2-1-3-24-27(34(31(24)39)23-14-12-22(33)13-15-23)20-8-4-19(5-9-20)16-25-28(36)30(38)29(37)26(17-35)40-25/h4-15,24-30,35-38H,1-3,16-17H2/t24?,25-,26+,27?,28-,29+,30+/m0/s1. The number of aliphatic hydroxyl groups excluding tert-OH is 4. The van der Waals surface area contributed by atoms with E-state index < -0.39 is 37.1 Å². The molecule has 2 heterocycles. The van der Waals surface area contributed by atoms with E-state index in [0.29, 0.717) is 18.5 Å². The Kier molecular flexibility index (Phi) is 8.58. The van der Waals surface area contributed by atoms with Crippen molar-refractivity contribution in [2.45, 2.75) is 62.2 Å². The molecule has 2 aliphatic heterocycles. The third kappa shape index (κ3) is 5.80. The number of ether oxygens (including phenoxy) is 1. The molecular weight excluding hydrogens is 520 g/mol. The van der Waals surface area contributed by atoms with Crippen molar-refractivity contribution in [1.29, 1.82) is 0 Å². The first-order valence-electron chi connectivity index (χ1n) is 13.5. The van der Waals surface area contributed by atoms with Crippen molar-refractivity contribution in [2.75, 3.05) is 11.5 Å². The zero-order valence-corrected chi connectivity index (χ0v) is 21.8. The molecule has 3 aromatic rings. The van der Waals surface area contributed by atoms with Crippen molar-refractivity contribution in [3.05, 3.63) is 101 Å². The number of hydrogen-bond donors (Lipinski definition) is 4. The van der Waals surface area contributed by atoms with Crippen molar-refractivity contribution in [2.24, 2.45) is 5.92 Å². The Morgan fingerprint density at radius 2 is 1.32 bits per heavy atom. The lowest BCUT2D eigenvalue weighted by Crippen LogP contribution is -2.59. The van der Waals surface area contributed by atoms with E-state index in [9.17, 15) is 34.0 Å². The second kappa shape index (κ2) is 12.1. The number of rotatable bonds is 9. The zero-order chi connectivity index (χ0) is 28.4. The molecule has 0 aliphatic carbocycles. The van der Waals surface area contributed by atoms with Crippen LogP contribution in [0.4, 0.5) is 14.5 Å². The lowest BCUT2D eigenvalue weighted by molar-refractivity contribution is -0.228. The molecule has 7 atom stereocenters. The van der Waals surface area contributed by atoms with Gasteiger partial charge in [-0.15, -0.1) is 0 Å². The molecular formula is C31H33F2NO6. The molecule has 0 bridgehead atoms. The topological polar surface area (TPSA) is 110 Å². The summed E-state index contributed by atoms with van der Waals surface area (Å²) in [7, 11) is 0. The second-order valence-corrected chi connectivity index (χ2v) is 10.6. The molecule has 0 aromatic heterocycles. The third-order valence-corrected chi connectivity index (χ3v) is 7.96. The van der Waals surface area contributed by atoms with Gasteiger partial charge in [-0.1, -0.05) is 36.4 Å². The monoisotopic (exact) mass is 553 g/mol. The van der Waals surface area contributed by atoms with Crippen LogP contribution in [-0.4, -0.2) is 63.5 Å². The Hall–Kier alpha value is -3.21. The highest BCUT2D eigenvalue weighted by atomic mass is 19.1. The molecule has 0 spiro atoms. The molecule has 40 heavy (non-hydrogen) atoms. The van der Waals surface area contributed by atoms with Gasteiger partial charge < -0.3 is 30.1 Å². The Morgan fingerprint density at radius 1 is 0.750 bits per heavy atom. The van der Waals surface area contributed by atoms with E-state index in [1.54, 1.807) is 29.2 Å². The van der Waals surface area contributed by atoms with Gasteiger partial charge in [-0.2, -0.15) is 0 Å². The number of amides is 1. The first-order chi connectivity index (χ1) is 19.3. The van der Waals surface area contributed by atoms with Crippen LogP contribution in [0.15, 0.2) is 72.8 Å². The molecule has 5 rings (SSSR count). The molecule has 0 saturated carbocycles. The number of carbonyl (C=O) groups excluding carboxylic acids is 1. The number of β-lactam (4-membered cyclic amide) rings is 1. The molecule has 1 amide bonds.